The van der Waals surface area contributed by atoms with E-state index < -0.39 is 12.0 Å². The first-order valence-electron chi connectivity index (χ1n) is 7.52. The summed E-state index contributed by atoms with van der Waals surface area (Å²) in [6.45, 7) is 5.34. The molecule has 1 unspecified atom stereocenters. The monoisotopic (exact) mass is 360 g/mol. The van der Waals surface area contributed by atoms with E-state index in [2.05, 4.69) is 0 Å². The van der Waals surface area contributed by atoms with Gasteiger partial charge >= 0.3 is 0 Å². The predicted octanol–water partition coefficient (Wildman–Crippen LogP) is 2.61. The zero-order valence-corrected chi connectivity index (χ0v) is 15.3. The highest BCUT2D eigenvalue weighted by Gasteiger charge is 2.38. The number of thiocarbonyl (C=S) groups is 1. The van der Waals surface area contributed by atoms with Gasteiger partial charge < -0.3 is 9.90 Å². The molecule has 1 aromatic carbocycles. The van der Waals surface area contributed by atoms with E-state index in [1.165, 1.54) is 0 Å². The van der Waals surface area contributed by atoms with Crippen molar-refractivity contribution < 1.29 is 14.7 Å². The van der Waals surface area contributed by atoms with Crippen molar-refractivity contribution in [1.82, 2.24) is 4.90 Å². The summed E-state index contributed by atoms with van der Waals surface area (Å²) >= 11 is 6.33. The summed E-state index contributed by atoms with van der Waals surface area (Å²) in [4.78, 5) is 25.6. The van der Waals surface area contributed by atoms with E-state index in [0.717, 1.165) is 27.8 Å². The van der Waals surface area contributed by atoms with Crippen LogP contribution in [0.3, 0.4) is 0 Å². The molecule has 1 fully saturated rings. The van der Waals surface area contributed by atoms with E-state index in [0.29, 0.717) is 4.91 Å². The second kappa shape index (κ2) is 7.77. The summed E-state index contributed by atoms with van der Waals surface area (Å²) < 4.78 is 0.252. The largest absolute Gasteiger partial charge is 0.548 e. The molecule has 0 spiro atoms. The van der Waals surface area contributed by atoms with Crippen molar-refractivity contribution >= 4 is 46.3 Å². The molecule has 1 atom stereocenters. The Morgan fingerprint density at radius 2 is 1.92 bits per heavy atom. The Bertz CT molecular complexity index is 723. The third-order valence-electron chi connectivity index (χ3n) is 3.53. The number of carboxylic acids is 1. The second-order valence-electron chi connectivity index (χ2n) is 5.86. The molecule has 4 nitrogen and oxygen atoms in total. The second-order valence-corrected chi connectivity index (χ2v) is 7.53. The highest BCUT2D eigenvalue weighted by Crippen LogP contribution is 2.34. The first-order valence-corrected chi connectivity index (χ1v) is 8.75. The van der Waals surface area contributed by atoms with Crippen LogP contribution in [0.2, 0.25) is 0 Å². The standard InChI is InChI=1S/C18H19NO3S2/c1-11(2)15(17(21)22)19-16(20)14(24-18(19)23)10-12(3)9-13-7-5-4-6-8-13/h4-11,15H,1-3H3,(H,21,22)/p-1. The van der Waals surface area contributed by atoms with Crippen LogP contribution in [0.5, 0.6) is 0 Å². The van der Waals surface area contributed by atoms with Crippen LogP contribution in [0.1, 0.15) is 26.3 Å². The van der Waals surface area contributed by atoms with Gasteiger partial charge in [-0.3, -0.25) is 9.69 Å². The lowest BCUT2D eigenvalue weighted by Crippen LogP contribution is -2.52. The maximum Gasteiger partial charge on any atom is 0.266 e. The Hall–Kier alpha value is -1.92. The van der Waals surface area contributed by atoms with Gasteiger partial charge in [0.15, 0.2) is 0 Å². The number of amides is 1. The van der Waals surface area contributed by atoms with E-state index in [1.807, 2.05) is 43.3 Å². The molecule has 0 radical (unpaired) electrons. The molecule has 126 valence electrons. The van der Waals surface area contributed by atoms with Crippen LogP contribution >= 0.6 is 24.0 Å². The van der Waals surface area contributed by atoms with Gasteiger partial charge in [0, 0.05) is 0 Å². The van der Waals surface area contributed by atoms with Gasteiger partial charge in [-0.2, -0.15) is 0 Å². The lowest BCUT2D eigenvalue weighted by Gasteiger charge is -2.30. The number of carbonyl (C=O) groups excluding carboxylic acids is 2. The molecule has 1 aliphatic heterocycles. The molecular weight excluding hydrogens is 342 g/mol. The predicted molar refractivity (Wildman–Crippen MR) is 98.8 cm³/mol. The molecule has 1 heterocycles. The van der Waals surface area contributed by atoms with Crippen LogP contribution < -0.4 is 5.11 Å². The lowest BCUT2D eigenvalue weighted by atomic mass is 10.0. The van der Waals surface area contributed by atoms with Crippen LogP contribution in [-0.2, 0) is 9.59 Å². The molecule has 0 N–H and O–H groups in total. The van der Waals surface area contributed by atoms with Crippen LogP contribution in [0.15, 0.2) is 46.9 Å². The van der Waals surface area contributed by atoms with Gasteiger partial charge in [0.25, 0.3) is 5.91 Å². The Morgan fingerprint density at radius 1 is 1.29 bits per heavy atom. The van der Waals surface area contributed by atoms with Crippen LogP contribution in [-0.4, -0.2) is 27.1 Å². The Balaban J connectivity index is 2.28. The van der Waals surface area contributed by atoms with Crippen molar-refractivity contribution in [3.8, 4) is 0 Å². The number of aliphatic carboxylic acids is 1. The summed E-state index contributed by atoms with van der Waals surface area (Å²) in [7, 11) is 0. The van der Waals surface area contributed by atoms with E-state index in [4.69, 9.17) is 12.2 Å². The first kappa shape index (κ1) is 18.4. The van der Waals surface area contributed by atoms with Crippen molar-refractivity contribution in [2.24, 2.45) is 5.92 Å². The van der Waals surface area contributed by atoms with E-state index in [1.54, 1.807) is 19.9 Å². The van der Waals surface area contributed by atoms with Gasteiger partial charge in [0.1, 0.15) is 4.32 Å². The van der Waals surface area contributed by atoms with E-state index >= 15 is 0 Å². The molecular formula is C18H18NO3S2-. The quantitative estimate of drug-likeness (QED) is 0.597. The summed E-state index contributed by atoms with van der Waals surface area (Å²) in [5.74, 6) is -1.97. The fourth-order valence-electron chi connectivity index (χ4n) is 2.46. The van der Waals surface area contributed by atoms with Gasteiger partial charge in [-0.25, -0.2) is 0 Å². The summed E-state index contributed by atoms with van der Waals surface area (Å²) in [5, 5.41) is 11.4. The molecule has 0 aliphatic carbocycles. The smallest absolute Gasteiger partial charge is 0.266 e. The maximum atomic E-state index is 12.6. The van der Waals surface area contributed by atoms with E-state index in [-0.39, 0.29) is 16.1 Å². The van der Waals surface area contributed by atoms with Gasteiger partial charge in [0.05, 0.1) is 16.9 Å². The highest BCUT2D eigenvalue weighted by atomic mass is 32.2. The topological polar surface area (TPSA) is 60.4 Å². The molecule has 6 heteroatoms. The molecule has 24 heavy (non-hydrogen) atoms. The molecule has 0 bridgehead atoms. The number of carboxylic acid groups (broad SMARTS) is 1. The number of thioether (sulfide) groups is 1. The van der Waals surface area contributed by atoms with Crippen LogP contribution in [0, 0.1) is 5.92 Å². The minimum atomic E-state index is -1.29. The summed E-state index contributed by atoms with van der Waals surface area (Å²) in [6.07, 6.45) is 3.68. The minimum absolute atomic E-state index is 0.252. The fourth-order valence-corrected chi connectivity index (χ4v) is 3.84. The number of nitrogens with zero attached hydrogens (tertiary/aromatic N) is 1. The molecule has 1 aromatic rings. The fraction of sp³-hybridized carbons (Fsp3) is 0.278. The highest BCUT2D eigenvalue weighted by molar-refractivity contribution is 8.26. The average Bonchev–Trinajstić information content (AvgIpc) is 2.75. The van der Waals surface area contributed by atoms with Crippen molar-refractivity contribution in [3.63, 3.8) is 0 Å². The summed E-state index contributed by atoms with van der Waals surface area (Å²) in [5.41, 5.74) is 1.91. The molecule has 1 amide bonds. The summed E-state index contributed by atoms with van der Waals surface area (Å²) in [6, 6.07) is 8.68. The molecule has 0 aromatic heterocycles. The lowest BCUT2D eigenvalue weighted by molar-refractivity contribution is -0.311. The van der Waals surface area contributed by atoms with Crippen molar-refractivity contribution in [1.29, 1.82) is 0 Å². The van der Waals surface area contributed by atoms with Crippen molar-refractivity contribution in [2.75, 3.05) is 0 Å². The van der Waals surface area contributed by atoms with Crippen molar-refractivity contribution in [3.05, 3.63) is 52.4 Å². The molecule has 2 rings (SSSR count). The maximum absolute atomic E-state index is 12.6. The molecule has 0 saturated carbocycles. The molecule has 1 aliphatic rings. The van der Waals surface area contributed by atoms with Gasteiger partial charge in [-0.15, -0.1) is 0 Å². The Morgan fingerprint density at radius 3 is 2.46 bits per heavy atom. The van der Waals surface area contributed by atoms with Crippen molar-refractivity contribution in [2.45, 2.75) is 26.8 Å². The van der Waals surface area contributed by atoms with Gasteiger partial charge in [-0.05, 0) is 30.1 Å². The number of allylic oxidation sites excluding steroid dienone is 2. The number of carbonyl (C=O) groups is 2. The zero-order chi connectivity index (χ0) is 17.9. The number of benzene rings is 1. The van der Waals surface area contributed by atoms with E-state index in [9.17, 15) is 14.7 Å². The Labute approximate surface area is 151 Å². The van der Waals surface area contributed by atoms with Crippen LogP contribution in [0.4, 0.5) is 0 Å². The number of rotatable bonds is 5. The van der Waals surface area contributed by atoms with Gasteiger partial charge in [-0.1, -0.05) is 74.2 Å². The Kier molecular flexibility index (Phi) is 5.96. The number of hydrogen-bond donors (Lipinski definition) is 0. The third kappa shape index (κ3) is 4.13. The number of hydrogen-bond acceptors (Lipinski definition) is 5. The normalized spacial score (nSPS) is 18.6. The average molecular weight is 360 g/mol. The first-order chi connectivity index (χ1) is 11.3. The minimum Gasteiger partial charge on any atom is -0.548 e. The zero-order valence-electron chi connectivity index (χ0n) is 13.7. The third-order valence-corrected chi connectivity index (χ3v) is 4.86. The van der Waals surface area contributed by atoms with Gasteiger partial charge in [0.2, 0.25) is 0 Å². The van der Waals surface area contributed by atoms with Crippen LogP contribution in [0.25, 0.3) is 6.08 Å². The molecule has 1 saturated heterocycles. The SMILES string of the molecule is CC(=Cc1ccccc1)C=C1SC(=S)N(C(C(=O)[O-])C(C)C)C1=O.